The minimum atomic E-state index is -0.122. The highest BCUT2D eigenvalue weighted by Crippen LogP contribution is 2.32. The van der Waals surface area contributed by atoms with E-state index in [4.69, 9.17) is 16.3 Å². The molecule has 0 bridgehead atoms. The van der Waals surface area contributed by atoms with Crippen LogP contribution in [0.1, 0.15) is 5.56 Å². The summed E-state index contributed by atoms with van der Waals surface area (Å²) in [5.74, 6) is 1.01. The maximum atomic E-state index is 12.1. The first-order valence-corrected chi connectivity index (χ1v) is 7.15. The van der Waals surface area contributed by atoms with Crippen molar-refractivity contribution in [2.45, 2.75) is 6.54 Å². The van der Waals surface area contributed by atoms with Crippen molar-refractivity contribution in [3.05, 3.63) is 51.6 Å². The first kappa shape index (κ1) is 13.4. The Morgan fingerprint density at radius 3 is 3.00 bits per heavy atom. The van der Waals surface area contributed by atoms with Gasteiger partial charge in [-0.15, -0.1) is 0 Å². The van der Waals surface area contributed by atoms with Crippen LogP contribution < -0.4 is 9.64 Å². The molecular weight excluding hydrogens is 344 g/mol. The number of halogens is 2. The SMILES string of the molecule is O=C1COc2ccc(Br)nc2N1Cc1cccc(Cl)c1. The van der Waals surface area contributed by atoms with Crippen molar-refractivity contribution in [2.75, 3.05) is 11.5 Å². The van der Waals surface area contributed by atoms with Crippen LogP contribution in [0.15, 0.2) is 41.0 Å². The lowest BCUT2D eigenvalue weighted by Crippen LogP contribution is -2.38. The number of fused-ring (bicyclic) bond motifs is 1. The molecule has 0 spiro atoms. The number of ether oxygens (including phenoxy) is 1. The van der Waals surface area contributed by atoms with Crippen molar-refractivity contribution in [1.82, 2.24) is 4.98 Å². The minimum Gasteiger partial charge on any atom is -0.480 e. The van der Waals surface area contributed by atoms with Crippen molar-refractivity contribution in [3.63, 3.8) is 0 Å². The molecule has 1 aromatic heterocycles. The molecule has 0 unspecified atom stereocenters. The molecule has 20 heavy (non-hydrogen) atoms. The molecular formula is C14H10BrClN2O2. The van der Waals surface area contributed by atoms with E-state index in [0.29, 0.717) is 27.7 Å². The number of hydrogen-bond acceptors (Lipinski definition) is 3. The van der Waals surface area contributed by atoms with Gasteiger partial charge in [0.05, 0.1) is 6.54 Å². The Morgan fingerprint density at radius 1 is 1.35 bits per heavy atom. The summed E-state index contributed by atoms with van der Waals surface area (Å²) in [5.41, 5.74) is 0.945. The molecule has 102 valence electrons. The average molecular weight is 354 g/mol. The topological polar surface area (TPSA) is 42.4 Å². The Balaban J connectivity index is 1.97. The van der Waals surface area contributed by atoms with Crippen LogP contribution in [0.2, 0.25) is 5.02 Å². The van der Waals surface area contributed by atoms with Gasteiger partial charge in [-0.2, -0.15) is 0 Å². The smallest absolute Gasteiger partial charge is 0.266 e. The van der Waals surface area contributed by atoms with Crippen molar-refractivity contribution in [2.24, 2.45) is 0 Å². The highest BCUT2D eigenvalue weighted by molar-refractivity contribution is 9.10. The number of aromatic nitrogens is 1. The van der Waals surface area contributed by atoms with E-state index in [0.717, 1.165) is 5.56 Å². The maximum Gasteiger partial charge on any atom is 0.266 e. The zero-order chi connectivity index (χ0) is 14.1. The van der Waals surface area contributed by atoms with Gasteiger partial charge in [0.2, 0.25) is 0 Å². The quantitative estimate of drug-likeness (QED) is 0.777. The number of rotatable bonds is 2. The lowest BCUT2D eigenvalue weighted by atomic mass is 10.2. The Labute approximate surface area is 129 Å². The van der Waals surface area contributed by atoms with E-state index in [1.807, 2.05) is 18.2 Å². The van der Waals surface area contributed by atoms with E-state index in [2.05, 4.69) is 20.9 Å². The molecule has 1 aromatic carbocycles. The summed E-state index contributed by atoms with van der Waals surface area (Å²) in [6, 6.07) is 11.0. The summed E-state index contributed by atoms with van der Waals surface area (Å²) in [7, 11) is 0. The molecule has 6 heteroatoms. The number of amides is 1. The number of nitrogens with zero attached hydrogens (tertiary/aromatic N) is 2. The number of carbonyl (C=O) groups is 1. The van der Waals surface area contributed by atoms with Crippen LogP contribution in [0.3, 0.4) is 0 Å². The van der Waals surface area contributed by atoms with Gasteiger partial charge in [-0.1, -0.05) is 23.7 Å². The molecule has 0 aliphatic carbocycles. The number of hydrogen-bond donors (Lipinski definition) is 0. The number of carbonyl (C=O) groups excluding carboxylic acids is 1. The van der Waals surface area contributed by atoms with E-state index in [1.54, 1.807) is 23.1 Å². The molecule has 0 radical (unpaired) electrons. The molecule has 2 heterocycles. The number of benzene rings is 1. The van der Waals surface area contributed by atoms with Crippen molar-refractivity contribution >= 4 is 39.3 Å². The molecule has 1 aliphatic heterocycles. The number of anilines is 1. The molecule has 3 rings (SSSR count). The summed E-state index contributed by atoms with van der Waals surface area (Å²) in [5, 5.41) is 0.644. The van der Waals surface area contributed by atoms with Gasteiger partial charge < -0.3 is 4.74 Å². The second-order valence-corrected chi connectivity index (χ2v) is 5.60. The van der Waals surface area contributed by atoms with Gasteiger partial charge >= 0.3 is 0 Å². The summed E-state index contributed by atoms with van der Waals surface area (Å²) in [6.45, 7) is 0.441. The third-order valence-electron chi connectivity index (χ3n) is 2.94. The van der Waals surface area contributed by atoms with Crippen LogP contribution >= 0.6 is 27.5 Å². The molecule has 1 amide bonds. The van der Waals surface area contributed by atoms with Crippen molar-refractivity contribution in [1.29, 1.82) is 0 Å². The van der Waals surface area contributed by atoms with E-state index in [1.165, 1.54) is 0 Å². The Bertz CT molecular complexity index is 678. The highest BCUT2D eigenvalue weighted by atomic mass is 79.9. The van der Waals surface area contributed by atoms with Gasteiger partial charge in [0.25, 0.3) is 5.91 Å². The summed E-state index contributed by atoms with van der Waals surface area (Å²) in [4.78, 5) is 18.0. The van der Waals surface area contributed by atoms with E-state index < -0.39 is 0 Å². The first-order chi connectivity index (χ1) is 9.63. The van der Waals surface area contributed by atoms with Crippen molar-refractivity contribution < 1.29 is 9.53 Å². The first-order valence-electron chi connectivity index (χ1n) is 5.97. The summed E-state index contributed by atoms with van der Waals surface area (Å²) >= 11 is 9.28. The Hall–Kier alpha value is -1.59. The van der Waals surface area contributed by atoms with Crippen LogP contribution in [-0.4, -0.2) is 17.5 Å². The van der Waals surface area contributed by atoms with Crippen LogP contribution in [0.5, 0.6) is 5.75 Å². The predicted molar refractivity (Wildman–Crippen MR) is 80.1 cm³/mol. The minimum absolute atomic E-state index is 0.0247. The molecule has 0 atom stereocenters. The lowest BCUT2D eigenvalue weighted by Gasteiger charge is -2.28. The Kier molecular flexibility index (Phi) is 3.63. The van der Waals surface area contributed by atoms with Gasteiger partial charge in [-0.3, -0.25) is 9.69 Å². The second kappa shape index (κ2) is 5.42. The fourth-order valence-corrected chi connectivity index (χ4v) is 2.55. The molecule has 0 fully saturated rings. The standard InChI is InChI=1S/C14H10BrClN2O2/c15-12-5-4-11-14(17-12)18(13(19)8-20-11)7-9-2-1-3-10(16)6-9/h1-6H,7-8H2. The third-order valence-corrected chi connectivity index (χ3v) is 3.62. The molecule has 1 aliphatic rings. The highest BCUT2D eigenvalue weighted by Gasteiger charge is 2.27. The van der Waals surface area contributed by atoms with Crippen LogP contribution in [-0.2, 0) is 11.3 Å². The molecule has 0 saturated heterocycles. The normalized spacial score (nSPS) is 13.9. The molecule has 0 N–H and O–H groups in total. The van der Waals surface area contributed by atoms with Gasteiger partial charge in [0.1, 0.15) is 4.60 Å². The van der Waals surface area contributed by atoms with Crippen LogP contribution in [0.4, 0.5) is 5.82 Å². The fourth-order valence-electron chi connectivity index (χ4n) is 2.04. The third kappa shape index (κ3) is 2.64. The predicted octanol–water partition coefficient (Wildman–Crippen LogP) is 3.42. The van der Waals surface area contributed by atoms with E-state index in [-0.39, 0.29) is 12.5 Å². The van der Waals surface area contributed by atoms with Crippen LogP contribution in [0.25, 0.3) is 0 Å². The largest absolute Gasteiger partial charge is 0.480 e. The monoisotopic (exact) mass is 352 g/mol. The molecule has 2 aromatic rings. The lowest BCUT2D eigenvalue weighted by molar-refractivity contribution is -0.121. The molecule has 0 saturated carbocycles. The van der Waals surface area contributed by atoms with E-state index in [9.17, 15) is 4.79 Å². The van der Waals surface area contributed by atoms with Gasteiger partial charge in [-0.25, -0.2) is 4.98 Å². The van der Waals surface area contributed by atoms with Gasteiger partial charge in [-0.05, 0) is 45.8 Å². The fraction of sp³-hybridized carbons (Fsp3) is 0.143. The van der Waals surface area contributed by atoms with Crippen molar-refractivity contribution in [3.8, 4) is 5.75 Å². The van der Waals surface area contributed by atoms with Gasteiger partial charge in [0, 0.05) is 5.02 Å². The zero-order valence-corrected chi connectivity index (χ0v) is 12.7. The summed E-state index contributed by atoms with van der Waals surface area (Å²) < 4.78 is 6.04. The maximum absolute atomic E-state index is 12.1. The second-order valence-electron chi connectivity index (χ2n) is 4.35. The molecule has 4 nitrogen and oxygen atoms in total. The Morgan fingerprint density at radius 2 is 2.20 bits per heavy atom. The average Bonchev–Trinajstić information content (AvgIpc) is 2.42. The number of pyridine rings is 1. The van der Waals surface area contributed by atoms with E-state index >= 15 is 0 Å². The van der Waals surface area contributed by atoms with Crippen LogP contribution in [0, 0.1) is 0 Å². The summed E-state index contributed by atoms with van der Waals surface area (Å²) in [6.07, 6.45) is 0. The zero-order valence-electron chi connectivity index (χ0n) is 10.3. The van der Waals surface area contributed by atoms with Gasteiger partial charge in [0.15, 0.2) is 18.2 Å².